The monoisotopic (exact) mass is 438 g/mol. The molecule has 0 unspecified atom stereocenters. The van der Waals surface area contributed by atoms with Gasteiger partial charge in [0.2, 0.25) is 5.91 Å². The molecular formula is C24H26N2O4S. The first-order valence-corrected chi connectivity index (χ1v) is 11.3. The lowest BCUT2D eigenvalue weighted by molar-refractivity contribution is -0.114. The van der Waals surface area contributed by atoms with Crippen LogP contribution in [0.4, 0.5) is 11.4 Å². The van der Waals surface area contributed by atoms with Gasteiger partial charge in [-0.25, -0.2) is 8.42 Å². The summed E-state index contributed by atoms with van der Waals surface area (Å²) in [5.74, 6) is -0.0783. The third kappa shape index (κ3) is 4.88. The SMILES string of the molecule is COc1ccc(C)cc1N(CC(=O)Nc1c(C)cccc1C)S(=O)(=O)c1ccccc1. The lowest BCUT2D eigenvalue weighted by Crippen LogP contribution is -2.38. The Labute approximate surface area is 183 Å². The first kappa shape index (κ1) is 22.4. The van der Waals surface area contributed by atoms with E-state index in [9.17, 15) is 13.2 Å². The number of carbonyl (C=O) groups excluding carboxylic acids is 1. The molecule has 0 aliphatic rings. The van der Waals surface area contributed by atoms with Gasteiger partial charge in [0, 0.05) is 5.69 Å². The van der Waals surface area contributed by atoms with Crippen molar-refractivity contribution in [2.75, 3.05) is 23.3 Å². The molecular weight excluding hydrogens is 412 g/mol. The number of carbonyl (C=O) groups is 1. The first-order chi connectivity index (χ1) is 14.7. The van der Waals surface area contributed by atoms with Crippen LogP contribution in [0, 0.1) is 20.8 Å². The molecule has 31 heavy (non-hydrogen) atoms. The van der Waals surface area contributed by atoms with E-state index in [1.54, 1.807) is 30.3 Å². The number of methoxy groups -OCH3 is 1. The lowest BCUT2D eigenvalue weighted by Gasteiger charge is -2.26. The van der Waals surface area contributed by atoms with E-state index in [0.29, 0.717) is 17.1 Å². The number of hydrogen-bond acceptors (Lipinski definition) is 4. The second-order valence-corrected chi connectivity index (χ2v) is 9.18. The number of amides is 1. The van der Waals surface area contributed by atoms with Gasteiger partial charge in [0.15, 0.2) is 0 Å². The number of nitrogens with one attached hydrogen (secondary N) is 1. The number of aryl methyl sites for hydroxylation is 3. The van der Waals surface area contributed by atoms with Crippen LogP contribution in [-0.4, -0.2) is 28.0 Å². The van der Waals surface area contributed by atoms with Gasteiger partial charge in [0.05, 0.1) is 17.7 Å². The second-order valence-electron chi connectivity index (χ2n) is 7.32. The van der Waals surface area contributed by atoms with E-state index in [-0.39, 0.29) is 4.90 Å². The van der Waals surface area contributed by atoms with Crippen LogP contribution in [0.15, 0.2) is 71.6 Å². The summed E-state index contributed by atoms with van der Waals surface area (Å²) in [6.07, 6.45) is 0. The summed E-state index contributed by atoms with van der Waals surface area (Å²) in [4.78, 5) is 13.1. The average Bonchev–Trinajstić information content (AvgIpc) is 2.75. The van der Waals surface area contributed by atoms with Gasteiger partial charge >= 0.3 is 0 Å². The van der Waals surface area contributed by atoms with Gasteiger partial charge in [-0.15, -0.1) is 0 Å². The van der Waals surface area contributed by atoms with Gasteiger partial charge in [-0.05, 0) is 61.7 Å². The molecule has 0 saturated carbocycles. The van der Waals surface area contributed by atoms with Crippen molar-refractivity contribution >= 4 is 27.3 Å². The van der Waals surface area contributed by atoms with Crippen LogP contribution in [0.1, 0.15) is 16.7 Å². The molecule has 6 nitrogen and oxygen atoms in total. The molecule has 0 spiro atoms. The number of ether oxygens (including phenoxy) is 1. The molecule has 0 radical (unpaired) electrons. The molecule has 3 rings (SSSR count). The number of rotatable bonds is 7. The molecule has 0 fully saturated rings. The number of anilines is 2. The molecule has 1 N–H and O–H groups in total. The zero-order valence-electron chi connectivity index (χ0n) is 18.0. The molecule has 0 bridgehead atoms. The minimum Gasteiger partial charge on any atom is -0.495 e. The molecule has 0 atom stereocenters. The Morgan fingerprint density at radius 2 is 1.58 bits per heavy atom. The number of nitrogens with zero attached hydrogens (tertiary/aromatic N) is 1. The maximum Gasteiger partial charge on any atom is 0.264 e. The van der Waals surface area contributed by atoms with Gasteiger partial charge in [0.1, 0.15) is 12.3 Å². The minimum atomic E-state index is -4.02. The van der Waals surface area contributed by atoms with Crippen LogP contribution in [0.3, 0.4) is 0 Å². The summed E-state index contributed by atoms with van der Waals surface area (Å²) in [6, 6.07) is 19.0. The standard InChI is InChI=1S/C24H26N2O4S/c1-17-13-14-22(30-4)21(15-17)26(31(28,29)20-11-6-5-7-12-20)16-23(27)25-24-18(2)9-8-10-19(24)3/h5-15H,16H2,1-4H3,(H,25,27). The Morgan fingerprint density at radius 1 is 0.935 bits per heavy atom. The van der Waals surface area contributed by atoms with E-state index in [0.717, 1.165) is 21.0 Å². The first-order valence-electron chi connectivity index (χ1n) is 9.82. The summed E-state index contributed by atoms with van der Waals surface area (Å²) in [5, 5.41) is 2.87. The highest BCUT2D eigenvalue weighted by Gasteiger charge is 2.29. The van der Waals surface area contributed by atoms with E-state index in [2.05, 4.69) is 5.32 Å². The van der Waals surface area contributed by atoms with Crippen molar-refractivity contribution in [3.63, 3.8) is 0 Å². The lowest BCUT2D eigenvalue weighted by atomic mass is 10.1. The zero-order chi connectivity index (χ0) is 22.6. The quantitative estimate of drug-likeness (QED) is 0.591. The molecule has 162 valence electrons. The molecule has 0 heterocycles. The topological polar surface area (TPSA) is 75.7 Å². The minimum absolute atomic E-state index is 0.0958. The van der Waals surface area contributed by atoms with Crippen molar-refractivity contribution in [3.8, 4) is 5.75 Å². The Bertz CT molecular complexity index is 1170. The van der Waals surface area contributed by atoms with Crippen molar-refractivity contribution in [3.05, 3.63) is 83.4 Å². The molecule has 0 aromatic heterocycles. The van der Waals surface area contributed by atoms with Crippen molar-refractivity contribution in [1.29, 1.82) is 0 Å². The van der Waals surface area contributed by atoms with E-state index >= 15 is 0 Å². The highest BCUT2D eigenvalue weighted by atomic mass is 32.2. The maximum atomic E-state index is 13.5. The third-order valence-corrected chi connectivity index (χ3v) is 6.74. The third-order valence-electron chi connectivity index (χ3n) is 4.97. The predicted molar refractivity (Wildman–Crippen MR) is 123 cm³/mol. The predicted octanol–water partition coefficient (Wildman–Crippen LogP) is 4.45. The highest BCUT2D eigenvalue weighted by Crippen LogP contribution is 2.33. The fourth-order valence-electron chi connectivity index (χ4n) is 3.34. The number of sulfonamides is 1. The highest BCUT2D eigenvalue weighted by molar-refractivity contribution is 7.92. The largest absolute Gasteiger partial charge is 0.495 e. The van der Waals surface area contributed by atoms with Gasteiger partial charge in [-0.1, -0.05) is 42.5 Å². The van der Waals surface area contributed by atoms with Crippen molar-refractivity contribution in [2.45, 2.75) is 25.7 Å². The van der Waals surface area contributed by atoms with E-state index < -0.39 is 22.5 Å². The van der Waals surface area contributed by atoms with Gasteiger partial charge in [0.25, 0.3) is 10.0 Å². The number of para-hydroxylation sites is 1. The Kier molecular flexibility index (Phi) is 6.65. The zero-order valence-corrected chi connectivity index (χ0v) is 18.9. The molecule has 3 aromatic carbocycles. The van der Waals surface area contributed by atoms with Crippen LogP contribution in [0.25, 0.3) is 0 Å². The molecule has 0 aliphatic heterocycles. The fourth-order valence-corrected chi connectivity index (χ4v) is 4.78. The number of benzene rings is 3. The summed E-state index contributed by atoms with van der Waals surface area (Å²) in [6.45, 7) is 5.24. The van der Waals surface area contributed by atoms with E-state index in [4.69, 9.17) is 4.74 Å². The van der Waals surface area contributed by atoms with Gasteiger partial charge < -0.3 is 10.1 Å². The van der Waals surface area contributed by atoms with Crippen LogP contribution in [-0.2, 0) is 14.8 Å². The Hall–Kier alpha value is -3.32. The molecule has 1 amide bonds. The second kappa shape index (κ2) is 9.22. The summed E-state index contributed by atoms with van der Waals surface area (Å²) < 4.78 is 33.6. The van der Waals surface area contributed by atoms with Crippen molar-refractivity contribution < 1.29 is 17.9 Å². The van der Waals surface area contributed by atoms with E-state index in [1.165, 1.54) is 19.2 Å². The molecule has 0 saturated heterocycles. The van der Waals surface area contributed by atoms with Crippen LogP contribution in [0.2, 0.25) is 0 Å². The molecule has 7 heteroatoms. The van der Waals surface area contributed by atoms with E-state index in [1.807, 2.05) is 45.0 Å². The molecule has 0 aliphatic carbocycles. The maximum absolute atomic E-state index is 13.5. The van der Waals surface area contributed by atoms with Gasteiger partial charge in [-0.3, -0.25) is 9.10 Å². The molecule has 3 aromatic rings. The smallest absolute Gasteiger partial charge is 0.264 e. The Morgan fingerprint density at radius 3 is 2.19 bits per heavy atom. The van der Waals surface area contributed by atoms with Gasteiger partial charge in [-0.2, -0.15) is 0 Å². The normalized spacial score (nSPS) is 11.1. The summed E-state index contributed by atoms with van der Waals surface area (Å²) in [7, 11) is -2.55. The summed E-state index contributed by atoms with van der Waals surface area (Å²) in [5.41, 5.74) is 3.64. The van der Waals surface area contributed by atoms with Crippen LogP contribution in [0.5, 0.6) is 5.75 Å². The van der Waals surface area contributed by atoms with Crippen LogP contribution >= 0.6 is 0 Å². The summed E-state index contributed by atoms with van der Waals surface area (Å²) >= 11 is 0. The number of hydrogen-bond donors (Lipinski definition) is 1. The van der Waals surface area contributed by atoms with Crippen molar-refractivity contribution in [1.82, 2.24) is 0 Å². The Balaban J connectivity index is 2.05. The van der Waals surface area contributed by atoms with Crippen molar-refractivity contribution in [2.24, 2.45) is 0 Å². The van der Waals surface area contributed by atoms with Crippen LogP contribution < -0.4 is 14.4 Å². The fraction of sp³-hybridized carbons (Fsp3) is 0.208. The average molecular weight is 439 g/mol.